The van der Waals surface area contributed by atoms with Crippen LogP contribution in [0.4, 0.5) is 11.6 Å². The maximum atomic E-state index is 12.2. The van der Waals surface area contributed by atoms with Crippen LogP contribution in [0.15, 0.2) is 54.0 Å². The van der Waals surface area contributed by atoms with E-state index in [2.05, 4.69) is 25.3 Å². The summed E-state index contributed by atoms with van der Waals surface area (Å²) in [5.74, 6) is 1.07. The van der Waals surface area contributed by atoms with E-state index in [0.717, 1.165) is 0 Å². The smallest absolute Gasteiger partial charge is 0.349 e. The van der Waals surface area contributed by atoms with E-state index in [0.29, 0.717) is 55.1 Å². The summed E-state index contributed by atoms with van der Waals surface area (Å²) in [6.45, 7) is 1.40. The van der Waals surface area contributed by atoms with Crippen LogP contribution in [-0.4, -0.2) is 70.7 Å². The summed E-state index contributed by atoms with van der Waals surface area (Å²) in [7, 11) is 0. The SMILES string of the molecule is Nc1nc(=O)n(CCOc2ccccc2)cc1CNCC[C@H]1O[C@@H](n2cnc3c(N)ncnc32)[C@@H](O)[C@H]1O. The van der Waals surface area contributed by atoms with Crippen molar-refractivity contribution in [2.24, 2.45) is 0 Å². The van der Waals surface area contributed by atoms with Crippen LogP contribution in [0.5, 0.6) is 5.75 Å². The van der Waals surface area contributed by atoms with Crippen molar-refractivity contribution in [1.29, 1.82) is 0 Å². The number of nitrogens with one attached hydrogen (secondary N) is 1. The molecule has 5 rings (SSSR count). The Morgan fingerprint density at radius 3 is 2.71 bits per heavy atom. The van der Waals surface area contributed by atoms with Crippen LogP contribution in [0.1, 0.15) is 18.2 Å². The highest BCUT2D eigenvalue weighted by Crippen LogP contribution is 2.33. The molecule has 0 radical (unpaired) electrons. The molecule has 1 saturated heterocycles. The molecule has 4 aromatic rings. The minimum Gasteiger partial charge on any atom is -0.492 e. The molecule has 1 fully saturated rings. The van der Waals surface area contributed by atoms with Gasteiger partial charge in [-0.1, -0.05) is 18.2 Å². The topological polar surface area (TPSA) is 201 Å². The van der Waals surface area contributed by atoms with E-state index in [1.165, 1.54) is 21.8 Å². The molecule has 200 valence electrons. The van der Waals surface area contributed by atoms with Gasteiger partial charge in [-0.3, -0.25) is 9.13 Å². The van der Waals surface area contributed by atoms with Crippen molar-refractivity contribution in [2.45, 2.75) is 44.1 Å². The van der Waals surface area contributed by atoms with Gasteiger partial charge >= 0.3 is 5.69 Å². The van der Waals surface area contributed by atoms with E-state index in [9.17, 15) is 15.0 Å². The van der Waals surface area contributed by atoms with Gasteiger partial charge in [-0.15, -0.1) is 0 Å². The van der Waals surface area contributed by atoms with Crippen LogP contribution in [-0.2, 0) is 17.8 Å². The first-order valence-corrected chi connectivity index (χ1v) is 12.1. The van der Waals surface area contributed by atoms with E-state index >= 15 is 0 Å². The van der Waals surface area contributed by atoms with Gasteiger partial charge in [-0.25, -0.2) is 19.7 Å². The predicted molar refractivity (Wildman–Crippen MR) is 137 cm³/mol. The lowest BCUT2D eigenvalue weighted by molar-refractivity contribution is -0.0367. The number of nitrogens with two attached hydrogens (primary N) is 2. The number of imidazole rings is 1. The standard InChI is InChI=1S/C24H29N9O5/c25-20-14(11-32(24(36)31-20)8-9-37-15-4-2-1-3-5-15)10-27-7-6-16-18(34)19(35)23(38-16)33-13-30-17-21(26)28-12-29-22(17)33/h1-5,11-13,16,18-19,23,27,34-35H,6-10H2,(H2,25,31,36)(H2,26,28,29)/t16-,18+,19+,23-/m1/s1. The van der Waals surface area contributed by atoms with Crippen molar-refractivity contribution in [3.8, 4) is 5.75 Å². The van der Waals surface area contributed by atoms with Gasteiger partial charge in [0.25, 0.3) is 0 Å². The van der Waals surface area contributed by atoms with Gasteiger partial charge in [0.1, 0.15) is 42.2 Å². The number of rotatable bonds is 10. The van der Waals surface area contributed by atoms with Crippen LogP contribution in [0.2, 0.25) is 0 Å². The Balaban J connectivity index is 1.15. The first-order valence-electron chi connectivity index (χ1n) is 12.1. The van der Waals surface area contributed by atoms with Crippen LogP contribution < -0.4 is 27.2 Å². The highest BCUT2D eigenvalue weighted by Gasteiger charge is 2.43. The molecule has 4 heterocycles. The van der Waals surface area contributed by atoms with Crippen molar-refractivity contribution in [2.75, 3.05) is 24.6 Å². The number of aliphatic hydroxyl groups excluding tert-OH is 2. The summed E-state index contributed by atoms with van der Waals surface area (Å²) in [6.07, 6.45) is 0.990. The molecule has 3 aromatic heterocycles. The Bertz CT molecular complexity index is 1440. The first kappa shape index (κ1) is 25.5. The monoisotopic (exact) mass is 523 g/mol. The second-order valence-corrected chi connectivity index (χ2v) is 8.88. The van der Waals surface area contributed by atoms with Crippen molar-refractivity contribution < 1.29 is 19.7 Å². The van der Waals surface area contributed by atoms with E-state index in [1.807, 2.05) is 30.3 Å². The Labute approximate surface area is 216 Å². The number of para-hydroxylation sites is 1. The highest BCUT2D eigenvalue weighted by molar-refractivity contribution is 5.81. The molecule has 1 aromatic carbocycles. The Kier molecular flexibility index (Phi) is 7.46. The van der Waals surface area contributed by atoms with Gasteiger partial charge in [-0.2, -0.15) is 4.98 Å². The molecule has 0 amide bonds. The molecular weight excluding hydrogens is 494 g/mol. The predicted octanol–water partition coefficient (Wildman–Crippen LogP) is -0.574. The molecule has 0 bridgehead atoms. The molecule has 1 aliphatic heterocycles. The molecule has 0 spiro atoms. The van der Waals surface area contributed by atoms with Crippen molar-refractivity contribution >= 4 is 22.8 Å². The fourth-order valence-electron chi connectivity index (χ4n) is 4.34. The van der Waals surface area contributed by atoms with Crippen molar-refractivity contribution in [1.82, 2.24) is 34.4 Å². The number of ether oxygens (including phenoxy) is 2. The Morgan fingerprint density at radius 1 is 1.08 bits per heavy atom. The third-order valence-electron chi connectivity index (χ3n) is 6.37. The first-order chi connectivity index (χ1) is 18.4. The van der Waals surface area contributed by atoms with E-state index in [-0.39, 0.29) is 11.6 Å². The van der Waals surface area contributed by atoms with E-state index in [1.54, 1.807) is 6.20 Å². The van der Waals surface area contributed by atoms with Crippen molar-refractivity contribution in [3.63, 3.8) is 0 Å². The zero-order valence-electron chi connectivity index (χ0n) is 20.4. The average molecular weight is 524 g/mol. The number of hydrogen-bond donors (Lipinski definition) is 5. The van der Waals surface area contributed by atoms with Crippen LogP contribution in [0, 0.1) is 0 Å². The van der Waals surface area contributed by atoms with Gasteiger partial charge in [-0.05, 0) is 25.1 Å². The third kappa shape index (κ3) is 5.28. The van der Waals surface area contributed by atoms with Crippen LogP contribution >= 0.6 is 0 Å². The zero-order chi connectivity index (χ0) is 26.6. The number of fused-ring (bicyclic) bond motifs is 1. The maximum absolute atomic E-state index is 12.2. The minimum absolute atomic E-state index is 0.142. The Hall–Kier alpha value is -4.11. The second-order valence-electron chi connectivity index (χ2n) is 8.88. The lowest BCUT2D eigenvalue weighted by Gasteiger charge is -2.16. The van der Waals surface area contributed by atoms with Gasteiger partial charge in [0, 0.05) is 18.3 Å². The van der Waals surface area contributed by atoms with Gasteiger partial charge in [0.05, 0.1) is 19.0 Å². The van der Waals surface area contributed by atoms with Gasteiger partial charge < -0.3 is 36.5 Å². The number of hydrogen-bond acceptors (Lipinski definition) is 12. The zero-order valence-corrected chi connectivity index (χ0v) is 20.4. The molecule has 7 N–H and O–H groups in total. The largest absolute Gasteiger partial charge is 0.492 e. The minimum atomic E-state index is -1.19. The van der Waals surface area contributed by atoms with Gasteiger partial charge in [0.15, 0.2) is 17.7 Å². The normalized spacial score (nSPS) is 21.2. The fraction of sp³-hybridized carbons (Fsp3) is 0.375. The molecule has 0 saturated carbocycles. The molecule has 14 nitrogen and oxygen atoms in total. The summed E-state index contributed by atoms with van der Waals surface area (Å²) in [5.41, 5.74) is 12.8. The number of anilines is 2. The Morgan fingerprint density at radius 2 is 1.89 bits per heavy atom. The number of aliphatic hydroxyl groups is 2. The molecule has 38 heavy (non-hydrogen) atoms. The fourth-order valence-corrected chi connectivity index (χ4v) is 4.34. The van der Waals surface area contributed by atoms with Crippen LogP contribution in [0.25, 0.3) is 11.2 Å². The summed E-state index contributed by atoms with van der Waals surface area (Å²) >= 11 is 0. The second kappa shape index (κ2) is 11.1. The lowest BCUT2D eigenvalue weighted by Crippen LogP contribution is -2.33. The molecular formula is C24H29N9O5. The summed E-state index contributed by atoms with van der Waals surface area (Å²) < 4.78 is 14.6. The number of aromatic nitrogens is 6. The molecule has 0 unspecified atom stereocenters. The number of nitrogen functional groups attached to an aromatic ring is 2. The quantitative estimate of drug-likeness (QED) is 0.166. The van der Waals surface area contributed by atoms with E-state index < -0.39 is 30.2 Å². The van der Waals surface area contributed by atoms with Crippen molar-refractivity contribution in [3.05, 3.63) is 65.2 Å². The lowest BCUT2D eigenvalue weighted by atomic mass is 10.1. The van der Waals surface area contributed by atoms with Crippen LogP contribution in [0.3, 0.4) is 0 Å². The molecule has 14 heteroatoms. The molecule has 4 atom stereocenters. The average Bonchev–Trinajstić information content (AvgIpc) is 3.46. The number of benzene rings is 1. The number of nitrogens with zero attached hydrogens (tertiary/aromatic N) is 6. The van der Waals surface area contributed by atoms with E-state index in [4.69, 9.17) is 20.9 Å². The summed E-state index contributed by atoms with van der Waals surface area (Å²) in [5, 5.41) is 24.4. The van der Waals surface area contributed by atoms with Gasteiger partial charge in [0.2, 0.25) is 0 Å². The molecule has 0 aliphatic carbocycles. The third-order valence-corrected chi connectivity index (χ3v) is 6.37. The maximum Gasteiger partial charge on any atom is 0.349 e. The summed E-state index contributed by atoms with van der Waals surface area (Å²) in [4.78, 5) is 28.4. The summed E-state index contributed by atoms with van der Waals surface area (Å²) in [6, 6.07) is 9.32. The highest BCUT2D eigenvalue weighted by atomic mass is 16.6. The molecule has 1 aliphatic rings.